The lowest BCUT2D eigenvalue weighted by molar-refractivity contribution is 0.668. The number of fused-ring (bicyclic) bond motifs is 13. The Bertz CT molecular complexity index is 3770. The van der Waals surface area contributed by atoms with Gasteiger partial charge >= 0.3 is 0 Å². The molecule has 290 valence electrons. The van der Waals surface area contributed by atoms with Crippen molar-refractivity contribution in [2.24, 2.45) is 0 Å². The van der Waals surface area contributed by atoms with E-state index in [2.05, 4.69) is 214 Å². The molecule has 1 heteroatoms. The first-order chi connectivity index (χ1) is 30.5. The molecule has 62 heavy (non-hydrogen) atoms. The molecular formula is C61H40O. The molecule has 0 saturated carbocycles. The Kier molecular flexibility index (Phi) is 7.42. The maximum Gasteiger partial charge on any atom is 0.143 e. The van der Waals surface area contributed by atoms with E-state index in [4.69, 9.17) is 4.42 Å². The quantitative estimate of drug-likeness (QED) is 0.128. The molecular weight excluding hydrogens is 749 g/mol. The molecule has 1 aromatic heterocycles. The fraction of sp³-hybridized carbons (Fsp3) is 0.0492. The summed E-state index contributed by atoms with van der Waals surface area (Å²) in [6.07, 6.45) is 0. The molecule has 1 heterocycles. The number of rotatable bonds is 4. The SMILES string of the molecule is CC1(C)c2c(-c3ccc(-c4c5ccccc5c(-c5cccc(-c6cccc7c6oc6ccccc67)c5)c5ccccc45)cc3)cccc2-c2c1c1ccccc1c1ccccc21. The zero-order valence-electron chi connectivity index (χ0n) is 34.5. The molecule has 0 N–H and O–H groups in total. The molecule has 0 radical (unpaired) electrons. The minimum absolute atomic E-state index is 0.193. The van der Waals surface area contributed by atoms with Crippen LogP contribution in [0.3, 0.4) is 0 Å². The molecule has 1 aliphatic rings. The molecule has 11 aromatic carbocycles. The predicted molar refractivity (Wildman–Crippen MR) is 263 cm³/mol. The van der Waals surface area contributed by atoms with Gasteiger partial charge in [0.2, 0.25) is 0 Å². The summed E-state index contributed by atoms with van der Waals surface area (Å²) in [6.45, 7) is 4.84. The van der Waals surface area contributed by atoms with Crippen molar-refractivity contribution in [3.63, 3.8) is 0 Å². The van der Waals surface area contributed by atoms with Gasteiger partial charge in [0.15, 0.2) is 0 Å². The molecule has 0 bridgehead atoms. The average Bonchev–Trinajstić information content (AvgIpc) is 3.83. The Labute approximate surface area is 360 Å². The van der Waals surface area contributed by atoms with Gasteiger partial charge < -0.3 is 4.42 Å². The number of benzene rings is 11. The van der Waals surface area contributed by atoms with Gasteiger partial charge in [0, 0.05) is 21.8 Å². The lowest BCUT2D eigenvalue weighted by Crippen LogP contribution is -2.17. The first-order valence-corrected chi connectivity index (χ1v) is 21.7. The van der Waals surface area contributed by atoms with E-state index in [1.165, 1.54) is 98.7 Å². The highest BCUT2D eigenvalue weighted by Gasteiger charge is 2.40. The van der Waals surface area contributed by atoms with E-state index in [0.717, 1.165) is 33.1 Å². The number of hydrogen-bond donors (Lipinski definition) is 0. The van der Waals surface area contributed by atoms with E-state index < -0.39 is 0 Å². The second-order valence-electron chi connectivity index (χ2n) is 17.5. The Hall–Kier alpha value is -7.74. The Morgan fingerprint density at radius 2 is 0.742 bits per heavy atom. The third-order valence-electron chi connectivity index (χ3n) is 13.8. The zero-order valence-corrected chi connectivity index (χ0v) is 34.5. The molecule has 0 unspecified atom stereocenters. The highest BCUT2D eigenvalue weighted by molar-refractivity contribution is 6.22. The monoisotopic (exact) mass is 788 g/mol. The third-order valence-corrected chi connectivity index (χ3v) is 13.8. The highest BCUT2D eigenvalue weighted by Crippen LogP contribution is 2.57. The molecule has 1 nitrogen and oxygen atoms in total. The zero-order chi connectivity index (χ0) is 41.1. The summed E-state index contributed by atoms with van der Waals surface area (Å²) in [5.74, 6) is 0. The van der Waals surface area contributed by atoms with E-state index in [-0.39, 0.29) is 5.41 Å². The van der Waals surface area contributed by atoms with Gasteiger partial charge in [-0.2, -0.15) is 0 Å². The van der Waals surface area contributed by atoms with Gasteiger partial charge in [0.1, 0.15) is 11.2 Å². The molecule has 0 aliphatic heterocycles. The summed E-state index contributed by atoms with van der Waals surface area (Å²) < 4.78 is 6.50. The van der Waals surface area contributed by atoms with Crippen LogP contribution in [-0.4, -0.2) is 0 Å². The van der Waals surface area contributed by atoms with Crippen LogP contribution in [0.2, 0.25) is 0 Å². The van der Waals surface area contributed by atoms with Crippen LogP contribution in [0, 0.1) is 0 Å². The predicted octanol–water partition coefficient (Wildman–Crippen LogP) is 17.2. The van der Waals surface area contributed by atoms with Crippen LogP contribution in [0.25, 0.3) is 121 Å². The van der Waals surface area contributed by atoms with Gasteiger partial charge in [-0.25, -0.2) is 0 Å². The maximum absolute atomic E-state index is 6.50. The summed E-state index contributed by atoms with van der Waals surface area (Å²) in [7, 11) is 0. The number of furan rings is 1. The van der Waals surface area contributed by atoms with Crippen LogP contribution in [0.5, 0.6) is 0 Å². The highest BCUT2D eigenvalue weighted by atomic mass is 16.3. The van der Waals surface area contributed by atoms with Crippen molar-refractivity contribution < 1.29 is 4.42 Å². The van der Waals surface area contributed by atoms with Crippen molar-refractivity contribution in [1.82, 2.24) is 0 Å². The third kappa shape index (κ3) is 4.91. The van der Waals surface area contributed by atoms with Crippen LogP contribution in [0.15, 0.2) is 211 Å². The topological polar surface area (TPSA) is 13.1 Å². The van der Waals surface area contributed by atoms with Crippen molar-refractivity contribution in [3.05, 3.63) is 217 Å². The minimum Gasteiger partial charge on any atom is -0.455 e. The largest absolute Gasteiger partial charge is 0.455 e. The summed E-state index contributed by atoms with van der Waals surface area (Å²) in [5.41, 5.74) is 16.9. The lowest BCUT2D eigenvalue weighted by Gasteiger charge is -2.26. The summed E-state index contributed by atoms with van der Waals surface area (Å²) >= 11 is 0. The second-order valence-corrected chi connectivity index (χ2v) is 17.5. The van der Waals surface area contributed by atoms with E-state index in [1.807, 2.05) is 6.07 Å². The lowest BCUT2D eigenvalue weighted by atomic mass is 9.76. The Morgan fingerprint density at radius 3 is 1.42 bits per heavy atom. The van der Waals surface area contributed by atoms with Gasteiger partial charge in [-0.05, 0) is 116 Å². The van der Waals surface area contributed by atoms with Crippen LogP contribution < -0.4 is 0 Å². The Balaban J connectivity index is 0.959. The summed E-state index contributed by atoms with van der Waals surface area (Å²) in [4.78, 5) is 0. The number of para-hydroxylation sites is 2. The Morgan fingerprint density at radius 1 is 0.290 bits per heavy atom. The standard InChI is InChI=1S/C61H40O/c1-61(2)58-41(27-14-30-53(58)57-46-21-5-3-18-43(46)44-19-4-10-26-51(44)59(57)61)37-32-34-38(35-33-37)55-47-22-6-8-24-49(47)56(50-25-9-7-23-48(50)55)40-17-13-16-39(36-40)42-28-15-29-52-45-20-11-12-31-54(45)62-60(42)52/h3-36H,1-2H3. The molecule has 0 fully saturated rings. The first-order valence-electron chi connectivity index (χ1n) is 21.7. The van der Waals surface area contributed by atoms with E-state index in [0.29, 0.717) is 0 Å². The second kappa shape index (κ2) is 13.1. The van der Waals surface area contributed by atoms with E-state index in [1.54, 1.807) is 0 Å². The first kappa shape index (κ1) is 35.1. The molecule has 1 aliphatic carbocycles. The normalized spacial score (nSPS) is 13.1. The van der Waals surface area contributed by atoms with Gasteiger partial charge in [-0.3, -0.25) is 0 Å². The molecule has 0 spiro atoms. The molecule has 0 amide bonds. The van der Waals surface area contributed by atoms with Crippen LogP contribution >= 0.6 is 0 Å². The fourth-order valence-electron chi connectivity index (χ4n) is 11.3. The molecule has 12 aromatic rings. The number of hydrogen-bond acceptors (Lipinski definition) is 1. The van der Waals surface area contributed by atoms with Crippen LogP contribution in [0.4, 0.5) is 0 Å². The van der Waals surface area contributed by atoms with Gasteiger partial charge in [0.25, 0.3) is 0 Å². The molecule has 0 saturated heterocycles. The molecule has 0 atom stereocenters. The summed E-state index contributed by atoms with van der Waals surface area (Å²) in [6, 6.07) is 75.9. The van der Waals surface area contributed by atoms with Crippen molar-refractivity contribution >= 4 is 65.0 Å². The van der Waals surface area contributed by atoms with Crippen molar-refractivity contribution in [3.8, 4) is 55.6 Å². The summed E-state index contributed by atoms with van der Waals surface area (Å²) in [5, 5.41) is 12.6. The van der Waals surface area contributed by atoms with Crippen molar-refractivity contribution in [1.29, 1.82) is 0 Å². The van der Waals surface area contributed by atoms with Crippen LogP contribution in [0.1, 0.15) is 25.0 Å². The van der Waals surface area contributed by atoms with Gasteiger partial charge in [0.05, 0.1) is 0 Å². The van der Waals surface area contributed by atoms with Gasteiger partial charge in [-0.15, -0.1) is 0 Å². The fourth-order valence-corrected chi connectivity index (χ4v) is 11.3. The smallest absolute Gasteiger partial charge is 0.143 e. The minimum atomic E-state index is -0.193. The van der Waals surface area contributed by atoms with Crippen molar-refractivity contribution in [2.75, 3.05) is 0 Å². The van der Waals surface area contributed by atoms with Crippen LogP contribution in [-0.2, 0) is 5.41 Å². The van der Waals surface area contributed by atoms with Gasteiger partial charge in [-0.1, -0.05) is 208 Å². The van der Waals surface area contributed by atoms with E-state index >= 15 is 0 Å². The van der Waals surface area contributed by atoms with Crippen molar-refractivity contribution in [2.45, 2.75) is 19.3 Å². The maximum atomic E-state index is 6.50. The molecule has 13 rings (SSSR count). The van der Waals surface area contributed by atoms with E-state index in [9.17, 15) is 0 Å². The average molecular weight is 789 g/mol.